The highest BCUT2D eigenvalue weighted by atomic mass is 16.6. The van der Waals surface area contributed by atoms with Crippen LogP contribution in [0, 0.1) is 26.9 Å². The van der Waals surface area contributed by atoms with Crippen LogP contribution in [-0.4, -0.2) is 24.6 Å². The normalized spacial score (nSPS) is 11.0. The van der Waals surface area contributed by atoms with Gasteiger partial charge in [0.2, 0.25) is 0 Å². The van der Waals surface area contributed by atoms with Crippen molar-refractivity contribution in [3.63, 3.8) is 0 Å². The number of hydrogen-bond donors (Lipinski definition) is 1. The fourth-order valence-corrected chi connectivity index (χ4v) is 2.12. The molecule has 21 heavy (non-hydrogen) atoms. The third-order valence-corrected chi connectivity index (χ3v) is 3.33. The molecule has 2 N–H and O–H groups in total. The fraction of sp³-hybridized carbons (Fsp3) is 0.533. The fourth-order valence-electron chi connectivity index (χ4n) is 2.12. The van der Waals surface area contributed by atoms with E-state index in [4.69, 9.17) is 11.0 Å². The lowest BCUT2D eigenvalue weighted by atomic mass is 9.92. The predicted molar refractivity (Wildman–Crippen MR) is 83.2 cm³/mol. The SMILES string of the molecule is CCCN(CC(C)(C)CN)c1ccc([N+](=O)[O-])c(C#N)c1. The summed E-state index contributed by atoms with van der Waals surface area (Å²) >= 11 is 0. The van der Waals surface area contributed by atoms with Crippen LogP contribution in [0.5, 0.6) is 0 Å². The van der Waals surface area contributed by atoms with Crippen molar-refractivity contribution < 1.29 is 4.92 Å². The first-order chi connectivity index (χ1) is 9.84. The second-order valence-electron chi connectivity index (χ2n) is 5.86. The van der Waals surface area contributed by atoms with Gasteiger partial charge in [-0.05, 0) is 30.5 Å². The Morgan fingerprint density at radius 2 is 2.14 bits per heavy atom. The third-order valence-electron chi connectivity index (χ3n) is 3.33. The van der Waals surface area contributed by atoms with Crippen LogP contribution in [0.25, 0.3) is 0 Å². The molecule has 0 aromatic heterocycles. The molecule has 0 spiro atoms. The highest BCUT2D eigenvalue weighted by Crippen LogP contribution is 2.27. The first kappa shape index (κ1) is 16.9. The number of nitrogens with zero attached hydrogens (tertiary/aromatic N) is 3. The van der Waals surface area contributed by atoms with Gasteiger partial charge < -0.3 is 10.6 Å². The first-order valence-electron chi connectivity index (χ1n) is 6.98. The maximum atomic E-state index is 10.9. The van der Waals surface area contributed by atoms with Gasteiger partial charge in [0.1, 0.15) is 11.6 Å². The number of anilines is 1. The van der Waals surface area contributed by atoms with Crippen LogP contribution in [0.4, 0.5) is 11.4 Å². The first-order valence-corrected chi connectivity index (χ1v) is 6.98. The van der Waals surface area contributed by atoms with Gasteiger partial charge in [0, 0.05) is 24.8 Å². The number of benzene rings is 1. The summed E-state index contributed by atoms with van der Waals surface area (Å²) in [7, 11) is 0. The lowest BCUT2D eigenvalue weighted by Gasteiger charge is -2.33. The van der Waals surface area contributed by atoms with Crippen LogP contribution in [-0.2, 0) is 0 Å². The van der Waals surface area contributed by atoms with E-state index in [9.17, 15) is 10.1 Å². The number of rotatable bonds is 7. The predicted octanol–water partition coefficient (Wildman–Crippen LogP) is 2.67. The average Bonchev–Trinajstić information content (AvgIpc) is 2.45. The molecule has 1 rings (SSSR count). The molecule has 114 valence electrons. The summed E-state index contributed by atoms with van der Waals surface area (Å²) in [5.74, 6) is 0. The quantitative estimate of drug-likeness (QED) is 0.615. The Hall–Kier alpha value is -2.13. The van der Waals surface area contributed by atoms with Crippen molar-refractivity contribution in [2.45, 2.75) is 27.2 Å². The van der Waals surface area contributed by atoms with E-state index in [0.717, 1.165) is 25.2 Å². The zero-order chi connectivity index (χ0) is 16.0. The van der Waals surface area contributed by atoms with E-state index in [0.29, 0.717) is 6.54 Å². The standard InChI is InChI=1S/C15H22N4O2/c1-4-7-18(11-15(2,3)10-17)13-5-6-14(19(20)21)12(8-13)9-16/h5-6,8H,4,7,10-11,17H2,1-3H3. The lowest BCUT2D eigenvalue weighted by molar-refractivity contribution is -0.385. The molecule has 0 saturated heterocycles. The summed E-state index contributed by atoms with van der Waals surface area (Å²) in [6.07, 6.45) is 0.944. The average molecular weight is 290 g/mol. The van der Waals surface area contributed by atoms with E-state index in [-0.39, 0.29) is 16.7 Å². The Labute approximate surface area is 125 Å². The van der Waals surface area contributed by atoms with E-state index >= 15 is 0 Å². The van der Waals surface area contributed by atoms with Crippen molar-refractivity contribution >= 4 is 11.4 Å². The number of hydrogen-bond acceptors (Lipinski definition) is 5. The zero-order valence-corrected chi connectivity index (χ0v) is 12.8. The number of nitro groups is 1. The Balaban J connectivity index is 3.15. The maximum absolute atomic E-state index is 10.9. The molecule has 0 unspecified atom stereocenters. The minimum atomic E-state index is -0.531. The van der Waals surface area contributed by atoms with Crippen molar-refractivity contribution in [1.82, 2.24) is 0 Å². The van der Waals surface area contributed by atoms with Crippen LogP contribution in [0.1, 0.15) is 32.8 Å². The van der Waals surface area contributed by atoms with Crippen molar-refractivity contribution in [2.75, 3.05) is 24.5 Å². The Morgan fingerprint density at radius 3 is 2.62 bits per heavy atom. The van der Waals surface area contributed by atoms with Crippen LogP contribution in [0.3, 0.4) is 0 Å². The second-order valence-corrected chi connectivity index (χ2v) is 5.86. The molecular formula is C15H22N4O2. The molecule has 0 aliphatic carbocycles. The van der Waals surface area contributed by atoms with Gasteiger partial charge in [-0.15, -0.1) is 0 Å². The summed E-state index contributed by atoms with van der Waals surface area (Å²) in [4.78, 5) is 12.5. The van der Waals surface area contributed by atoms with Gasteiger partial charge in [-0.3, -0.25) is 10.1 Å². The van der Waals surface area contributed by atoms with E-state index in [2.05, 4.69) is 25.7 Å². The Morgan fingerprint density at radius 1 is 1.48 bits per heavy atom. The van der Waals surface area contributed by atoms with Gasteiger partial charge in [0.15, 0.2) is 0 Å². The Bertz CT molecular complexity index is 549. The molecule has 1 aromatic rings. The summed E-state index contributed by atoms with van der Waals surface area (Å²) in [5.41, 5.74) is 6.47. The monoisotopic (exact) mass is 290 g/mol. The zero-order valence-electron chi connectivity index (χ0n) is 12.8. The van der Waals surface area contributed by atoms with Gasteiger partial charge in [-0.2, -0.15) is 5.26 Å². The molecule has 0 atom stereocenters. The molecule has 0 heterocycles. The highest BCUT2D eigenvalue weighted by molar-refractivity contribution is 5.60. The molecule has 0 radical (unpaired) electrons. The molecule has 0 saturated carbocycles. The molecule has 0 fully saturated rings. The molecular weight excluding hydrogens is 268 g/mol. The highest BCUT2D eigenvalue weighted by Gasteiger charge is 2.22. The topological polar surface area (TPSA) is 96.2 Å². The molecule has 1 aromatic carbocycles. The van der Waals surface area contributed by atoms with Crippen LogP contribution < -0.4 is 10.6 Å². The molecule has 6 heteroatoms. The molecule has 0 aliphatic rings. The summed E-state index contributed by atoms with van der Waals surface area (Å²) < 4.78 is 0. The van der Waals surface area contributed by atoms with E-state index < -0.39 is 4.92 Å². The third kappa shape index (κ3) is 4.43. The number of nitriles is 1. The van der Waals surface area contributed by atoms with Gasteiger partial charge >= 0.3 is 0 Å². The molecule has 0 bridgehead atoms. The number of nitrogens with two attached hydrogens (primary N) is 1. The van der Waals surface area contributed by atoms with Gasteiger partial charge in [-0.1, -0.05) is 20.8 Å². The largest absolute Gasteiger partial charge is 0.371 e. The maximum Gasteiger partial charge on any atom is 0.287 e. The van der Waals surface area contributed by atoms with Crippen LogP contribution >= 0.6 is 0 Å². The second kappa shape index (κ2) is 7.04. The van der Waals surface area contributed by atoms with Crippen molar-refractivity contribution in [3.8, 4) is 6.07 Å². The molecule has 0 amide bonds. The van der Waals surface area contributed by atoms with Crippen molar-refractivity contribution in [3.05, 3.63) is 33.9 Å². The van der Waals surface area contributed by atoms with Crippen LogP contribution in [0.15, 0.2) is 18.2 Å². The number of nitro benzene ring substituents is 1. The van der Waals surface area contributed by atoms with E-state index in [1.807, 2.05) is 6.07 Å². The van der Waals surface area contributed by atoms with Gasteiger partial charge in [-0.25, -0.2) is 0 Å². The summed E-state index contributed by atoms with van der Waals surface area (Å²) in [6.45, 7) is 8.31. The molecule has 0 aliphatic heterocycles. The Kier molecular flexibility index (Phi) is 5.68. The summed E-state index contributed by atoms with van der Waals surface area (Å²) in [5, 5.41) is 20.0. The minimum Gasteiger partial charge on any atom is -0.371 e. The smallest absolute Gasteiger partial charge is 0.287 e. The van der Waals surface area contributed by atoms with E-state index in [1.165, 1.54) is 6.07 Å². The van der Waals surface area contributed by atoms with Crippen molar-refractivity contribution in [1.29, 1.82) is 5.26 Å². The van der Waals surface area contributed by atoms with Gasteiger partial charge in [0.25, 0.3) is 5.69 Å². The van der Waals surface area contributed by atoms with Gasteiger partial charge in [0.05, 0.1) is 4.92 Å². The van der Waals surface area contributed by atoms with Crippen molar-refractivity contribution in [2.24, 2.45) is 11.1 Å². The van der Waals surface area contributed by atoms with Crippen LogP contribution in [0.2, 0.25) is 0 Å². The molecule has 6 nitrogen and oxygen atoms in total. The summed E-state index contributed by atoms with van der Waals surface area (Å²) in [6, 6.07) is 6.57. The van der Waals surface area contributed by atoms with E-state index in [1.54, 1.807) is 12.1 Å². The lowest BCUT2D eigenvalue weighted by Crippen LogP contribution is -2.39. The minimum absolute atomic E-state index is 0.0657.